The monoisotopic (exact) mass is 167 g/mol. The maximum atomic E-state index is 5.85. The Morgan fingerprint density at radius 3 is 3.42 bits per heavy atom. The van der Waals surface area contributed by atoms with Crippen LogP contribution in [0.5, 0.6) is 5.88 Å². The molecule has 2 N–H and O–H groups in total. The second-order valence-electron chi connectivity index (χ2n) is 3.17. The van der Waals surface area contributed by atoms with Crippen LogP contribution < -0.4 is 10.5 Å². The minimum atomic E-state index is 0.0861. The summed E-state index contributed by atoms with van der Waals surface area (Å²) in [6.45, 7) is 2.85. The molecule has 2 atom stereocenters. The van der Waals surface area contributed by atoms with Gasteiger partial charge >= 0.3 is 0 Å². The molecule has 2 unspecified atom stereocenters. The average molecular weight is 167 g/mol. The molecule has 0 fully saturated rings. The van der Waals surface area contributed by atoms with Crippen LogP contribution in [0.25, 0.3) is 0 Å². The van der Waals surface area contributed by atoms with Crippen LogP contribution in [0, 0.1) is 0 Å². The van der Waals surface area contributed by atoms with Crippen molar-refractivity contribution in [3.8, 4) is 5.88 Å². The predicted octanol–water partition coefficient (Wildman–Crippen LogP) is 0.381. The molecule has 0 radical (unpaired) electrons. The molecule has 0 saturated carbocycles. The van der Waals surface area contributed by atoms with Gasteiger partial charge in [0.05, 0.1) is 6.20 Å². The first-order chi connectivity index (χ1) is 5.77. The standard InChI is InChI=1S/C8H13N3O/c1-6-7(9)3-5-11-8(12-6)2-4-10-11/h2,4,6-7H,3,5,9H2,1H3. The Morgan fingerprint density at radius 1 is 1.75 bits per heavy atom. The van der Waals surface area contributed by atoms with Crippen LogP contribution in [0.4, 0.5) is 0 Å². The summed E-state index contributed by atoms with van der Waals surface area (Å²) in [5, 5.41) is 4.12. The van der Waals surface area contributed by atoms with E-state index in [0.29, 0.717) is 0 Å². The molecule has 1 aromatic rings. The van der Waals surface area contributed by atoms with E-state index in [2.05, 4.69) is 5.10 Å². The molecule has 1 aromatic heterocycles. The molecule has 0 saturated heterocycles. The Hall–Kier alpha value is -1.03. The van der Waals surface area contributed by atoms with Gasteiger partial charge in [-0.15, -0.1) is 0 Å². The van der Waals surface area contributed by atoms with Gasteiger partial charge in [0.15, 0.2) is 0 Å². The highest BCUT2D eigenvalue weighted by molar-refractivity contribution is 5.09. The largest absolute Gasteiger partial charge is 0.473 e. The molecule has 0 aliphatic carbocycles. The first kappa shape index (κ1) is 7.61. The Labute approximate surface area is 71.3 Å². The van der Waals surface area contributed by atoms with Gasteiger partial charge in [0.1, 0.15) is 6.10 Å². The van der Waals surface area contributed by atoms with Gasteiger partial charge in [0.2, 0.25) is 5.88 Å². The molecule has 66 valence electrons. The van der Waals surface area contributed by atoms with Crippen molar-refractivity contribution in [2.24, 2.45) is 5.73 Å². The van der Waals surface area contributed by atoms with Gasteiger partial charge in [-0.05, 0) is 13.3 Å². The molecule has 0 amide bonds. The summed E-state index contributed by atoms with van der Waals surface area (Å²) in [4.78, 5) is 0. The number of nitrogens with two attached hydrogens (primary N) is 1. The van der Waals surface area contributed by atoms with E-state index in [-0.39, 0.29) is 12.1 Å². The topological polar surface area (TPSA) is 53.1 Å². The van der Waals surface area contributed by atoms with E-state index in [1.54, 1.807) is 6.20 Å². The third-order valence-electron chi connectivity index (χ3n) is 2.26. The first-order valence-corrected chi connectivity index (χ1v) is 4.21. The van der Waals surface area contributed by atoms with E-state index in [9.17, 15) is 0 Å². The Morgan fingerprint density at radius 2 is 2.58 bits per heavy atom. The Bertz CT molecular complexity index is 271. The second-order valence-corrected chi connectivity index (χ2v) is 3.17. The summed E-state index contributed by atoms with van der Waals surface area (Å²) in [5.41, 5.74) is 5.85. The fraction of sp³-hybridized carbons (Fsp3) is 0.625. The van der Waals surface area contributed by atoms with Crippen molar-refractivity contribution in [3.63, 3.8) is 0 Å². The average Bonchev–Trinajstić information content (AvgIpc) is 2.43. The second kappa shape index (κ2) is 2.79. The van der Waals surface area contributed by atoms with E-state index >= 15 is 0 Å². The number of aromatic nitrogens is 2. The van der Waals surface area contributed by atoms with Crippen molar-refractivity contribution < 1.29 is 4.74 Å². The van der Waals surface area contributed by atoms with Gasteiger partial charge in [-0.3, -0.25) is 0 Å². The van der Waals surface area contributed by atoms with E-state index < -0.39 is 0 Å². The third kappa shape index (κ3) is 1.18. The SMILES string of the molecule is CC1Oc2ccnn2CCC1N. The molecule has 1 aliphatic rings. The molecule has 1 aliphatic heterocycles. The van der Waals surface area contributed by atoms with Crippen molar-refractivity contribution in [2.75, 3.05) is 0 Å². The minimum absolute atomic E-state index is 0.0861. The quantitative estimate of drug-likeness (QED) is 0.607. The molecule has 4 heteroatoms. The van der Waals surface area contributed by atoms with E-state index in [0.717, 1.165) is 18.8 Å². The lowest BCUT2D eigenvalue weighted by atomic mass is 10.1. The maximum absolute atomic E-state index is 5.85. The molecule has 0 aromatic carbocycles. The number of nitrogens with zero attached hydrogens (tertiary/aromatic N) is 2. The molecule has 2 heterocycles. The van der Waals surface area contributed by atoms with Crippen LogP contribution >= 0.6 is 0 Å². The van der Waals surface area contributed by atoms with Crippen LogP contribution in [0.1, 0.15) is 13.3 Å². The van der Waals surface area contributed by atoms with Crippen LogP contribution in [-0.2, 0) is 6.54 Å². The Kier molecular flexibility index (Phi) is 1.77. The van der Waals surface area contributed by atoms with Crippen molar-refractivity contribution in [1.82, 2.24) is 9.78 Å². The van der Waals surface area contributed by atoms with Crippen molar-refractivity contribution in [1.29, 1.82) is 0 Å². The summed E-state index contributed by atoms with van der Waals surface area (Å²) >= 11 is 0. The third-order valence-corrected chi connectivity index (χ3v) is 2.26. The zero-order chi connectivity index (χ0) is 8.55. The lowest BCUT2D eigenvalue weighted by molar-refractivity contribution is 0.188. The first-order valence-electron chi connectivity index (χ1n) is 4.21. The predicted molar refractivity (Wildman–Crippen MR) is 44.9 cm³/mol. The lowest BCUT2D eigenvalue weighted by Gasteiger charge is -2.15. The van der Waals surface area contributed by atoms with E-state index in [1.165, 1.54) is 0 Å². The summed E-state index contributed by atoms with van der Waals surface area (Å²) in [5.74, 6) is 0.829. The highest BCUT2D eigenvalue weighted by atomic mass is 16.5. The summed E-state index contributed by atoms with van der Waals surface area (Å²) in [7, 11) is 0. The van der Waals surface area contributed by atoms with Crippen molar-refractivity contribution in [3.05, 3.63) is 12.3 Å². The van der Waals surface area contributed by atoms with Gasteiger partial charge in [0.25, 0.3) is 0 Å². The number of fused-ring (bicyclic) bond motifs is 1. The molecular weight excluding hydrogens is 154 g/mol. The van der Waals surface area contributed by atoms with Gasteiger partial charge in [-0.2, -0.15) is 5.10 Å². The van der Waals surface area contributed by atoms with E-state index in [4.69, 9.17) is 10.5 Å². The fourth-order valence-electron chi connectivity index (χ4n) is 1.37. The molecule has 4 nitrogen and oxygen atoms in total. The summed E-state index contributed by atoms with van der Waals surface area (Å²) < 4.78 is 7.44. The molecule has 0 bridgehead atoms. The maximum Gasteiger partial charge on any atom is 0.211 e. The summed E-state index contributed by atoms with van der Waals surface area (Å²) in [6.07, 6.45) is 2.76. The van der Waals surface area contributed by atoms with Crippen molar-refractivity contribution >= 4 is 0 Å². The van der Waals surface area contributed by atoms with Crippen LogP contribution in [-0.4, -0.2) is 21.9 Å². The van der Waals surface area contributed by atoms with E-state index in [1.807, 2.05) is 17.7 Å². The molecule has 2 rings (SSSR count). The minimum Gasteiger partial charge on any atom is -0.473 e. The molecular formula is C8H13N3O. The number of rotatable bonds is 0. The smallest absolute Gasteiger partial charge is 0.211 e. The summed E-state index contributed by atoms with van der Waals surface area (Å²) in [6, 6.07) is 1.99. The molecule has 12 heavy (non-hydrogen) atoms. The zero-order valence-electron chi connectivity index (χ0n) is 7.10. The highest BCUT2D eigenvalue weighted by Crippen LogP contribution is 2.18. The normalized spacial score (nSPS) is 28.8. The number of ether oxygens (including phenoxy) is 1. The Balaban J connectivity index is 2.24. The fourth-order valence-corrected chi connectivity index (χ4v) is 1.37. The number of hydrogen-bond donors (Lipinski definition) is 1. The van der Waals surface area contributed by atoms with Gasteiger partial charge < -0.3 is 10.5 Å². The van der Waals surface area contributed by atoms with Gasteiger partial charge in [-0.1, -0.05) is 0 Å². The van der Waals surface area contributed by atoms with Crippen LogP contribution in [0.2, 0.25) is 0 Å². The van der Waals surface area contributed by atoms with Crippen molar-refractivity contribution in [2.45, 2.75) is 32.0 Å². The lowest BCUT2D eigenvalue weighted by Crippen LogP contribution is -2.35. The van der Waals surface area contributed by atoms with Crippen LogP contribution in [0.15, 0.2) is 12.3 Å². The van der Waals surface area contributed by atoms with Gasteiger partial charge in [0, 0.05) is 18.7 Å². The highest BCUT2D eigenvalue weighted by Gasteiger charge is 2.20. The molecule has 0 spiro atoms. The number of hydrogen-bond acceptors (Lipinski definition) is 3. The zero-order valence-corrected chi connectivity index (χ0v) is 7.10. The van der Waals surface area contributed by atoms with Crippen LogP contribution in [0.3, 0.4) is 0 Å². The van der Waals surface area contributed by atoms with Gasteiger partial charge in [-0.25, -0.2) is 4.68 Å². The number of aryl methyl sites for hydroxylation is 1.